The van der Waals surface area contributed by atoms with Crippen LogP contribution in [-0.4, -0.2) is 42.0 Å². The maximum Gasteiger partial charge on any atom is 0.237 e. The van der Waals surface area contributed by atoms with Crippen molar-refractivity contribution in [2.45, 2.75) is 71.0 Å². The van der Waals surface area contributed by atoms with E-state index >= 15 is 0 Å². The Morgan fingerprint density at radius 1 is 1.30 bits per heavy atom. The lowest BCUT2D eigenvalue weighted by Crippen LogP contribution is -2.47. The topological polar surface area (TPSA) is 58.4 Å². The summed E-state index contributed by atoms with van der Waals surface area (Å²) in [5, 5.41) is 3.17. The van der Waals surface area contributed by atoms with Gasteiger partial charge >= 0.3 is 0 Å². The number of fused-ring (bicyclic) bond motifs is 1. The molecule has 0 bridgehead atoms. The summed E-state index contributed by atoms with van der Waals surface area (Å²) >= 11 is 0. The monoisotopic (exact) mass is 281 g/mol. The normalized spacial score (nSPS) is 32.1. The molecule has 1 heterocycles. The van der Waals surface area contributed by atoms with Gasteiger partial charge in [-0.05, 0) is 44.4 Å². The van der Waals surface area contributed by atoms with Crippen LogP contribution in [0, 0.1) is 11.8 Å². The van der Waals surface area contributed by atoms with Crippen molar-refractivity contribution in [2.75, 3.05) is 13.1 Å². The van der Waals surface area contributed by atoms with Gasteiger partial charge in [-0.3, -0.25) is 9.69 Å². The van der Waals surface area contributed by atoms with Crippen molar-refractivity contribution < 1.29 is 4.79 Å². The summed E-state index contributed by atoms with van der Waals surface area (Å²) < 4.78 is 0. The highest BCUT2D eigenvalue weighted by atomic mass is 16.2. The lowest BCUT2D eigenvalue weighted by Gasteiger charge is -2.30. The van der Waals surface area contributed by atoms with E-state index < -0.39 is 0 Å². The van der Waals surface area contributed by atoms with Gasteiger partial charge in [-0.1, -0.05) is 20.3 Å². The molecule has 1 saturated heterocycles. The summed E-state index contributed by atoms with van der Waals surface area (Å²) in [5.74, 6) is 1.50. The van der Waals surface area contributed by atoms with Crippen molar-refractivity contribution in [3.05, 3.63) is 0 Å². The Balaban J connectivity index is 1.90. The summed E-state index contributed by atoms with van der Waals surface area (Å²) in [5.41, 5.74) is 6.25. The first kappa shape index (κ1) is 15.8. The van der Waals surface area contributed by atoms with E-state index in [2.05, 4.69) is 24.1 Å². The van der Waals surface area contributed by atoms with E-state index in [9.17, 15) is 4.79 Å². The van der Waals surface area contributed by atoms with Gasteiger partial charge in [0.2, 0.25) is 5.91 Å². The molecule has 116 valence electrons. The molecule has 0 aromatic carbocycles. The Kier molecular flexibility index (Phi) is 5.44. The van der Waals surface area contributed by atoms with E-state index in [1.165, 1.54) is 12.8 Å². The lowest BCUT2D eigenvalue weighted by molar-refractivity contribution is -0.126. The molecule has 1 saturated carbocycles. The third-order valence-corrected chi connectivity index (χ3v) is 5.44. The minimum atomic E-state index is -0.0200. The molecular formula is C16H31N3O. The number of nitrogens with two attached hydrogens (primary N) is 1. The third-order valence-electron chi connectivity index (χ3n) is 5.44. The Labute approximate surface area is 123 Å². The SMILES string of the molecule is CCC(CC)NC(=O)C(C)N1CC2CCCC(N)C2C1. The molecule has 4 heteroatoms. The number of likely N-dealkylation sites (tertiary alicyclic amines) is 1. The maximum absolute atomic E-state index is 12.4. The molecule has 4 atom stereocenters. The smallest absolute Gasteiger partial charge is 0.237 e. The molecule has 0 aromatic heterocycles. The van der Waals surface area contributed by atoms with Crippen LogP contribution < -0.4 is 11.1 Å². The van der Waals surface area contributed by atoms with Gasteiger partial charge in [-0.15, -0.1) is 0 Å². The number of rotatable bonds is 5. The van der Waals surface area contributed by atoms with Crippen molar-refractivity contribution in [1.82, 2.24) is 10.2 Å². The van der Waals surface area contributed by atoms with E-state index in [0.717, 1.165) is 32.4 Å². The van der Waals surface area contributed by atoms with Crippen molar-refractivity contribution in [1.29, 1.82) is 0 Å². The van der Waals surface area contributed by atoms with Gasteiger partial charge in [0.25, 0.3) is 0 Å². The zero-order valence-electron chi connectivity index (χ0n) is 13.3. The average Bonchev–Trinajstić information content (AvgIpc) is 2.89. The van der Waals surface area contributed by atoms with Crippen LogP contribution in [0.1, 0.15) is 52.9 Å². The standard InChI is InChI=1S/C16H31N3O/c1-4-13(5-2)18-16(20)11(3)19-9-12-7-6-8-15(17)14(12)10-19/h11-15H,4-10,17H2,1-3H3,(H,18,20). The molecule has 2 fully saturated rings. The van der Waals surface area contributed by atoms with E-state index in [4.69, 9.17) is 5.73 Å². The summed E-state index contributed by atoms with van der Waals surface area (Å²) in [6, 6.07) is 0.638. The summed E-state index contributed by atoms with van der Waals surface area (Å²) in [7, 11) is 0. The molecule has 0 spiro atoms. The van der Waals surface area contributed by atoms with Crippen LogP contribution in [0.3, 0.4) is 0 Å². The molecule has 4 unspecified atom stereocenters. The zero-order valence-corrected chi connectivity index (χ0v) is 13.3. The van der Waals surface area contributed by atoms with Gasteiger partial charge in [0, 0.05) is 25.2 Å². The number of nitrogens with zero attached hydrogens (tertiary/aromatic N) is 1. The second-order valence-electron chi connectivity index (χ2n) is 6.67. The lowest BCUT2D eigenvalue weighted by atomic mass is 9.78. The number of carbonyl (C=O) groups is 1. The van der Waals surface area contributed by atoms with E-state index in [1.54, 1.807) is 0 Å². The molecule has 20 heavy (non-hydrogen) atoms. The predicted octanol–water partition coefficient (Wildman–Crippen LogP) is 1.74. The number of amides is 1. The quantitative estimate of drug-likeness (QED) is 0.807. The van der Waals surface area contributed by atoms with E-state index in [-0.39, 0.29) is 11.9 Å². The number of hydrogen-bond donors (Lipinski definition) is 2. The fourth-order valence-electron chi connectivity index (χ4n) is 3.85. The molecule has 1 aliphatic heterocycles. The predicted molar refractivity (Wildman–Crippen MR) is 82.4 cm³/mol. The zero-order chi connectivity index (χ0) is 14.7. The van der Waals surface area contributed by atoms with E-state index in [0.29, 0.717) is 23.9 Å². The highest BCUT2D eigenvalue weighted by molar-refractivity contribution is 5.81. The van der Waals surface area contributed by atoms with E-state index in [1.807, 2.05) is 6.92 Å². The van der Waals surface area contributed by atoms with Crippen molar-refractivity contribution >= 4 is 5.91 Å². The summed E-state index contributed by atoms with van der Waals surface area (Å²) in [6.07, 6.45) is 5.71. The van der Waals surface area contributed by atoms with Crippen molar-refractivity contribution in [2.24, 2.45) is 17.6 Å². The Morgan fingerprint density at radius 2 is 2.00 bits per heavy atom. The van der Waals surface area contributed by atoms with Gasteiger partial charge in [-0.25, -0.2) is 0 Å². The first-order chi connectivity index (χ1) is 9.56. The van der Waals surface area contributed by atoms with Gasteiger partial charge in [0.05, 0.1) is 6.04 Å². The minimum absolute atomic E-state index is 0.0200. The molecule has 0 aromatic rings. The van der Waals surface area contributed by atoms with Gasteiger partial charge < -0.3 is 11.1 Å². The molecule has 0 radical (unpaired) electrons. The van der Waals surface area contributed by atoms with Crippen LogP contribution in [0.25, 0.3) is 0 Å². The molecule has 1 amide bonds. The highest BCUT2D eigenvalue weighted by Gasteiger charge is 2.41. The fourth-order valence-corrected chi connectivity index (χ4v) is 3.85. The molecule has 1 aliphatic carbocycles. The van der Waals surface area contributed by atoms with Gasteiger partial charge in [0.1, 0.15) is 0 Å². The Bertz CT molecular complexity index is 330. The number of nitrogens with one attached hydrogen (secondary N) is 1. The third kappa shape index (κ3) is 3.34. The van der Waals surface area contributed by atoms with Gasteiger partial charge in [-0.2, -0.15) is 0 Å². The van der Waals surface area contributed by atoms with Crippen LogP contribution in [-0.2, 0) is 4.79 Å². The van der Waals surface area contributed by atoms with Crippen molar-refractivity contribution in [3.8, 4) is 0 Å². The molecule has 4 nitrogen and oxygen atoms in total. The van der Waals surface area contributed by atoms with Crippen LogP contribution in [0.2, 0.25) is 0 Å². The Hall–Kier alpha value is -0.610. The molecule has 2 rings (SSSR count). The number of hydrogen-bond acceptors (Lipinski definition) is 3. The second-order valence-corrected chi connectivity index (χ2v) is 6.67. The first-order valence-corrected chi connectivity index (χ1v) is 8.36. The van der Waals surface area contributed by atoms with Crippen LogP contribution in [0.5, 0.6) is 0 Å². The van der Waals surface area contributed by atoms with Crippen LogP contribution >= 0.6 is 0 Å². The molecule has 3 N–H and O–H groups in total. The average molecular weight is 281 g/mol. The molecular weight excluding hydrogens is 250 g/mol. The van der Waals surface area contributed by atoms with Crippen molar-refractivity contribution in [3.63, 3.8) is 0 Å². The van der Waals surface area contributed by atoms with Crippen LogP contribution in [0.15, 0.2) is 0 Å². The fraction of sp³-hybridized carbons (Fsp3) is 0.938. The maximum atomic E-state index is 12.4. The first-order valence-electron chi connectivity index (χ1n) is 8.36. The highest BCUT2D eigenvalue weighted by Crippen LogP contribution is 2.36. The largest absolute Gasteiger partial charge is 0.352 e. The minimum Gasteiger partial charge on any atom is -0.352 e. The number of carbonyl (C=O) groups excluding carboxylic acids is 1. The second kappa shape index (κ2) is 6.90. The summed E-state index contributed by atoms with van der Waals surface area (Å²) in [4.78, 5) is 14.7. The van der Waals surface area contributed by atoms with Crippen LogP contribution in [0.4, 0.5) is 0 Å². The Morgan fingerprint density at radius 3 is 2.60 bits per heavy atom. The summed E-state index contributed by atoms with van der Waals surface area (Å²) in [6.45, 7) is 8.35. The molecule has 2 aliphatic rings. The van der Waals surface area contributed by atoms with Gasteiger partial charge in [0.15, 0.2) is 0 Å².